The number of hydrogen-bond donors (Lipinski definition) is 4. The summed E-state index contributed by atoms with van der Waals surface area (Å²) in [5, 5.41) is 10.9. The van der Waals surface area contributed by atoms with Gasteiger partial charge in [-0.1, -0.05) is 6.42 Å². The number of Topliss-reactive ketones (excluding diaryl/α,β-unsaturated/α-hetero) is 1. The molecule has 0 saturated carbocycles. The molecule has 4 amide bonds. The molecule has 0 radical (unpaired) electrons. The number of carbonyl (C=O) groups excluding carboxylic acids is 4. The Labute approximate surface area is 144 Å². The number of thioether (sulfide) groups is 1. The molecule has 9 heteroatoms. The Kier molecular flexibility index (Phi) is 4.71. The number of nitrogens with one attached hydrogen (secondary N) is 4. The van der Waals surface area contributed by atoms with E-state index in [1.807, 2.05) is 0 Å². The Morgan fingerprint density at radius 3 is 2.79 bits per heavy atom. The van der Waals surface area contributed by atoms with Gasteiger partial charge in [-0.3, -0.25) is 14.4 Å². The van der Waals surface area contributed by atoms with Gasteiger partial charge in [0.25, 0.3) is 0 Å². The standard InChI is InChI=1S/C15H22N4O4S/c1-2-16-12(21)10-9(20)5-3-4-6-15(13(22)18-10)11-8(7-24-15)17-14(23)19-11/h8,10-11H,2-7H2,1H3,(H,16,21)(H,18,22)(H2,17,19,23)/t8-,10?,11-,15-/m0/s1. The molecule has 8 nitrogen and oxygen atoms in total. The van der Waals surface area contributed by atoms with E-state index in [1.165, 1.54) is 11.8 Å². The van der Waals surface area contributed by atoms with Crippen molar-refractivity contribution in [3.63, 3.8) is 0 Å². The van der Waals surface area contributed by atoms with Gasteiger partial charge >= 0.3 is 6.03 Å². The first-order chi connectivity index (χ1) is 11.5. The molecule has 3 heterocycles. The molecule has 24 heavy (non-hydrogen) atoms. The summed E-state index contributed by atoms with van der Waals surface area (Å²) >= 11 is 1.50. The predicted molar refractivity (Wildman–Crippen MR) is 88.5 cm³/mol. The summed E-state index contributed by atoms with van der Waals surface area (Å²) in [5.74, 6) is -0.438. The van der Waals surface area contributed by atoms with Crippen LogP contribution >= 0.6 is 11.8 Å². The molecule has 0 aromatic rings. The van der Waals surface area contributed by atoms with Gasteiger partial charge in [0.05, 0.1) is 12.1 Å². The molecule has 0 aromatic carbocycles. The fraction of sp³-hybridized carbons (Fsp3) is 0.733. The number of carbonyl (C=O) groups is 4. The second-order valence-corrected chi connectivity index (χ2v) is 7.73. The van der Waals surface area contributed by atoms with Crippen molar-refractivity contribution < 1.29 is 19.2 Å². The second kappa shape index (κ2) is 6.62. The third-order valence-corrected chi connectivity index (χ3v) is 6.53. The lowest BCUT2D eigenvalue weighted by Gasteiger charge is -2.32. The van der Waals surface area contributed by atoms with Crippen molar-refractivity contribution in [2.45, 2.75) is 55.5 Å². The summed E-state index contributed by atoms with van der Waals surface area (Å²) in [7, 11) is 0. The number of amides is 4. The minimum absolute atomic E-state index is 0.104. The van der Waals surface area contributed by atoms with E-state index in [9.17, 15) is 19.2 Å². The minimum Gasteiger partial charge on any atom is -0.354 e. The highest BCUT2D eigenvalue weighted by atomic mass is 32.2. The quantitative estimate of drug-likeness (QED) is 0.386. The lowest BCUT2D eigenvalue weighted by Crippen LogP contribution is -2.60. The van der Waals surface area contributed by atoms with Gasteiger partial charge in [0.15, 0.2) is 11.8 Å². The molecule has 0 bridgehead atoms. The van der Waals surface area contributed by atoms with Crippen LogP contribution in [0.3, 0.4) is 0 Å². The highest BCUT2D eigenvalue weighted by Gasteiger charge is 2.58. The molecule has 132 valence electrons. The number of urea groups is 1. The van der Waals surface area contributed by atoms with Gasteiger partial charge in [-0.05, 0) is 19.8 Å². The molecule has 3 rings (SSSR count). The van der Waals surface area contributed by atoms with Crippen LogP contribution in [0, 0.1) is 0 Å². The summed E-state index contributed by atoms with van der Waals surface area (Å²) in [4.78, 5) is 49.1. The fourth-order valence-corrected chi connectivity index (χ4v) is 5.28. The van der Waals surface area contributed by atoms with E-state index in [4.69, 9.17) is 0 Å². The van der Waals surface area contributed by atoms with Gasteiger partial charge in [-0.2, -0.15) is 0 Å². The highest BCUT2D eigenvalue weighted by molar-refractivity contribution is 8.01. The van der Waals surface area contributed by atoms with Crippen LogP contribution in [0.1, 0.15) is 32.6 Å². The zero-order chi connectivity index (χ0) is 17.3. The van der Waals surface area contributed by atoms with Crippen molar-refractivity contribution in [3.05, 3.63) is 0 Å². The third-order valence-electron chi connectivity index (χ3n) is 4.84. The first-order valence-corrected chi connectivity index (χ1v) is 9.29. The first-order valence-electron chi connectivity index (χ1n) is 8.30. The molecule has 1 spiro atoms. The molecule has 4 atom stereocenters. The molecular weight excluding hydrogens is 332 g/mol. The number of ketones is 1. The number of hydrogen-bond acceptors (Lipinski definition) is 5. The Hall–Kier alpha value is -1.77. The van der Waals surface area contributed by atoms with Gasteiger partial charge < -0.3 is 21.3 Å². The SMILES string of the molecule is CCNC(=O)C1NC(=O)[C@@]2(CCCCC1=O)SC[C@@H]1NC(=O)N[C@@H]12. The zero-order valence-electron chi connectivity index (χ0n) is 13.5. The molecular formula is C15H22N4O4S. The molecule has 0 aromatic heterocycles. The van der Waals surface area contributed by atoms with Crippen molar-refractivity contribution in [2.75, 3.05) is 12.3 Å². The van der Waals surface area contributed by atoms with Crippen LogP contribution < -0.4 is 21.3 Å². The lowest BCUT2D eigenvalue weighted by molar-refractivity contribution is -0.136. The van der Waals surface area contributed by atoms with E-state index in [0.29, 0.717) is 31.6 Å². The molecule has 3 saturated heterocycles. The van der Waals surface area contributed by atoms with Crippen LogP contribution in [-0.2, 0) is 14.4 Å². The van der Waals surface area contributed by atoms with Crippen LogP contribution in [0.4, 0.5) is 4.79 Å². The topological polar surface area (TPSA) is 116 Å². The van der Waals surface area contributed by atoms with Crippen LogP contribution in [0.25, 0.3) is 0 Å². The zero-order valence-corrected chi connectivity index (χ0v) is 14.3. The van der Waals surface area contributed by atoms with Gasteiger partial charge in [0, 0.05) is 18.7 Å². The fourth-order valence-electron chi connectivity index (χ4n) is 3.64. The lowest BCUT2D eigenvalue weighted by atomic mass is 9.89. The summed E-state index contributed by atoms with van der Waals surface area (Å²) in [6.07, 6.45) is 2.17. The van der Waals surface area contributed by atoms with Gasteiger partial charge in [0.2, 0.25) is 11.8 Å². The molecule has 4 N–H and O–H groups in total. The number of likely N-dealkylation sites (N-methyl/N-ethyl adjacent to an activating group) is 1. The Balaban J connectivity index is 1.86. The van der Waals surface area contributed by atoms with Gasteiger partial charge in [0.1, 0.15) is 4.75 Å². The normalized spacial score (nSPS) is 36.0. The van der Waals surface area contributed by atoms with E-state index < -0.39 is 16.7 Å². The molecule has 1 unspecified atom stereocenters. The summed E-state index contributed by atoms with van der Waals surface area (Å²) in [6.45, 7) is 2.15. The number of rotatable bonds is 2. The number of fused-ring (bicyclic) bond motifs is 2. The van der Waals surface area contributed by atoms with Crippen molar-refractivity contribution in [3.8, 4) is 0 Å². The van der Waals surface area contributed by atoms with Crippen LogP contribution in [0.2, 0.25) is 0 Å². The average molecular weight is 354 g/mol. The van der Waals surface area contributed by atoms with Crippen molar-refractivity contribution in [2.24, 2.45) is 0 Å². The maximum Gasteiger partial charge on any atom is 0.315 e. The largest absolute Gasteiger partial charge is 0.354 e. The van der Waals surface area contributed by atoms with E-state index in [-0.39, 0.29) is 36.2 Å². The summed E-state index contributed by atoms with van der Waals surface area (Å²) < 4.78 is -0.834. The maximum absolute atomic E-state index is 13.0. The van der Waals surface area contributed by atoms with E-state index in [0.717, 1.165) is 0 Å². The van der Waals surface area contributed by atoms with Crippen molar-refractivity contribution in [1.29, 1.82) is 0 Å². The van der Waals surface area contributed by atoms with E-state index >= 15 is 0 Å². The summed E-state index contributed by atoms with van der Waals surface area (Å²) in [6, 6.07) is -1.85. The highest BCUT2D eigenvalue weighted by Crippen LogP contribution is 2.44. The molecule has 0 aliphatic carbocycles. The first kappa shape index (κ1) is 17.1. The second-order valence-electron chi connectivity index (χ2n) is 6.38. The van der Waals surface area contributed by atoms with E-state index in [1.54, 1.807) is 6.92 Å². The summed E-state index contributed by atoms with van der Waals surface area (Å²) in [5.41, 5.74) is 0. The molecule has 3 aliphatic rings. The minimum atomic E-state index is -1.16. The van der Waals surface area contributed by atoms with Gasteiger partial charge in [-0.25, -0.2) is 4.79 Å². The van der Waals surface area contributed by atoms with Gasteiger partial charge in [-0.15, -0.1) is 11.8 Å². The van der Waals surface area contributed by atoms with Crippen molar-refractivity contribution >= 4 is 35.4 Å². The average Bonchev–Trinajstić information content (AvgIpc) is 3.08. The maximum atomic E-state index is 13.0. The van der Waals surface area contributed by atoms with Crippen molar-refractivity contribution in [1.82, 2.24) is 21.3 Å². The Bertz CT molecular complexity index is 584. The van der Waals surface area contributed by atoms with E-state index in [2.05, 4.69) is 21.3 Å². The van der Waals surface area contributed by atoms with Crippen LogP contribution in [-0.4, -0.2) is 58.8 Å². The Morgan fingerprint density at radius 1 is 1.25 bits per heavy atom. The smallest absolute Gasteiger partial charge is 0.315 e. The van der Waals surface area contributed by atoms with Crippen LogP contribution in [0.15, 0.2) is 0 Å². The molecule has 3 fully saturated rings. The van der Waals surface area contributed by atoms with Crippen LogP contribution in [0.5, 0.6) is 0 Å². The molecule has 3 aliphatic heterocycles. The third kappa shape index (κ3) is 2.85. The monoisotopic (exact) mass is 354 g/mol. The predicted octanol–water partition coefficient (Wildman–Crippen LogP) is -0.714. The Morgan fingerprint density at radius 2 is 2.04 bits per heavy atom.